The van der Waals surface area contributed by atoms with Gasteiger partial charge in [0.05, 0.1) is 0 Å². The number of oxime groups is 1. The minimum atomic E-state index is -0.439. The van der Waals surface area contributed by atoms with Crippen LogP contribution in [-0.4, -0.2) is 17.3 Å². The summed E-state index contributed by atoms with van der Waals surface area (Å²) in [7, 11) is 0. The maximum Gasteiger partial charge on any atom is 0.270 e. The molecule has 0 unspecified atom stereocenters. The molecule has 0 aliphatic rings. The van der Waals surface area contributed by atoms with Crippen molar-refractivity contribution in [1.82, 2.24) is 0 Å². The molecular formula is C11H14N2O2. The number of benzene rings is 1. The topological polar surface area (TPSA) is 61.7 Å². The van der Waals surface area contributed by atoms with Gasteiger partial charge in [-0.15, -0.1) is 0 Å². The van der Waals surface area contributed by atoms with Crippen LogP contribution in [0.5, 0.6) is 0 Å². The van der Waals surface area contributed by atoms with Gasteiger partial charge in [-0.05, 0) is 17.5 Å². The predicted molar refractivity (Wildman–Crippen MR) is 59.4 cm³/mol. The molecule has 0 saturated heterocycles. The van der Waals surface area contributed by atoms with Crippen molar-refractivity contribution in [2.24, 2.45) is 5.16 Å². The lowest BCUT2D eigenvalue weighted by Crippen LogP contribution is -2.14. The van der Waals surface area contributed by atoms with Crippen molar-refractivity contribution in [3.63, 3.8) is 0 Å². The van der Waals surface area contributed by atoms with E-state index in [1.165, 1.54) is 0 Å². The van der Waals surface area contributed by atoms with Crippen molar-refractivity contribution in [3.05, 3.63) is 29.8 Å². The van der Waals surface area contributed by atoms with Crippen molar-refractivity contribution < 1.29 is 10.0 Å². The monoisotopic (exact) mass is 206 g/mol. The summed E-state index contributed by atoms with van der Waals surface area (Å²) < 4.78 is 0. The summed E-state index contributed by atoms with van der Waals surface area (Å²) in [6, 6.07) is 7.54. The Morgan fingerprint density at radius 1 is 1.47 bits per heavy atom. The average Bonchev–Trinajstić information content (AvgIpc) is 2.18. The van der Waals surface area contributed by atoms with E-state index in [2.05, 4.69) is 10.5 Å². The van der Waals surface area contributed by atoms with Crippen LogP contribution in [0.1, 0.15) is 25.3 Å². The van der Waals surface area contributed by atoms with Gasteiger partial charge in [0.25, 0.3) is 5.91 Å². The SMILES string of the molecule is CC(C)c1ccccc1NC(=O)C=NO. The maximum atomic E-state index is 11.2. The van der Waals surface area contributed by atoms with E-state index in [4.69, 9.17) is 5.21 Å². The quantitative estimate of drug-likeness (QED) is 0.452. The highest BCUT2D eigenvalue weighted by molar-refractivity contribution is 6.31. The second-order valence-electron chi connectivity index (χ2n) is 3.48. The largest absolute Gasteiger partial charge is 0.411 e. The molecule has 0 fully saturated rings. The number of nitrogens with one attached hydrogen (secondary N) is 1. The molecule has 0 bridgehead atoms. The molecule has 2 N–H and O–H groups in total. The summed E-state index contributed by atoms with van der Waals surface area (Å²) in [5, 5.41) is 13.5. The first-order valence-electron chi connectivity index (χ1n) is 4.72. The molecule has 4 heteroatoms. The molecule has 0 aromatic heterocycles. The number of hydrogen-bond donors (Lipinski definition) is 2. The smallest absolute Gasteiger partial charge is 0.270 e. The summed E-state index contributed by atoms with van der Waals surface area (Å²) in [5.41, 5.74) is 1.80. The van der Waals surface area contributed by atoms with Gasteiger partial charge in [0.1, 0.15) is 6.21 Å². The van der Waals surface area contributed by atoms with Crippen molar-refractivity contribution in [2.75, 3.05) is 5.32 Å². The Hall–Kier alpha value is -1.84. The molecule has 0 aliphatic carbocycles. The lowest BCUT2D eigenvalue weighted by Gasteiger charge is -2.11. The highest BCUT2D eigenvalue weighted by atomic mass is 16.4. The zero-order valence-electron chi connectivity index (χ0n) is 8.77. The zero-order chi connectivity index (χ0) is 11.3. The fourth-order valence-corrected chi connectivity index (χ4v) is 1.33. The third-order valence-corrected chi connectivity index (χ3v) is 2.02. The van der Waals surface area contributed by atoms with Crippen LogP contribution in [0.4, 0.5) is 5.69 Å². The second kappa shape index (κ2) is 5.14. The fourth-order valence-electron chi connectivity index (χ4n) is 1.33. The van der Waals surface area contributed by atoms with E-state index in [-0.39, 0.29) is 0 Å². The molecule has 80 valence electrons. The van der Waals surface area contributed by atoms with Gasteiger partial charge in [0, 0.05) is 5.69 Å². The summed E-state index contributed by atoms with van der Waals surface area (Å²) in [6.07, 6.45) is 0.830. The van der Waals surface area contributed by atoms with Gasteiger partial charge in [-0.25, -0.2) is 0 Å². The van der Waals surface area contributed by atoms with Crippen LogP contribution in [-0.2, 0) is 4.79 Å². The van der Waals surface area contributed by atoms with Crippen LogP contribution in [0, 0.1) is 0 Å². The molecular weight excluding hydrogens is 192 g/mol. The predicted octanol–water partition coefficient (Wildman–Crippen LogP) is 2.21. The van der Waals surface area contributed by atoms with Crippen LogP contribution in [0.25, 0.3) is 0 Å². The van der Waals surface area contributed by atoms with Crippen molar-refractivity contribution in [2.45, 2.75) is 19.8 Å². The Morgan fingerprint density at radius 2 is 2.13 bits per heavy atom. The number of hydrogen-bond acceptors (Lipinski definition) is 3. The molecule has 1 aromatic carbocycles. The minimum absolute atomic E-state index is 0.326. The number of carbonyl (C=O) groups is 1. The molecule has 4 nitrogen and oxygen atoms in total. The molecule has 1 rings (SSSR count). The molecule has 1 amide bonds. The van der Waals surface area contributed by atoms with E-state index in [1.54, 1.807) is 0 Å². The van der Waals surface area contributed by atoms with Crippen molar-refractivity contribution >= 4 is 17.8 Å². The lowest BCUT2D eigenvalue weighted by molar-refractivity contribution is -0.110. The van der Waals surface area contributed by atoms with Crippen LogP contribution >= 0.6 is 0 Å². The normalized spacial score (nSPS) is 10.9. The molecule has 15 heavy (non-hydrogen) atoms. The summed E-state index contributed by atoms with van der Waals surface area (Å²) in [5.74, 6) is -0.113. The summed E-state index contributed by atoms with van der Waals surface area (Å²) in [6.45, 7) is 4.09. The van der Waals surface area contributed by atoms with Gasteiger partial charge in [-0.3, -0.25) is 4.79 Å². The van der Waals surface area contributed by atoms with Gasteiger partial charge in [-0.1, -0.05) is 37.2 Å². The first kappa shape index (κ1) is 11.2. The first-order valence-corrected chi connectivity index (χ1v) is 4.72. The molecule has 0 spiro atoms. The Bertz CT molecular complexity index is 373. The lowest BCUT2D eigenvalue weighted by atomic mass is 10.0. The van der Waals surface area contributed by atoms with Crippen LogP contribution < -0.4 is 5.32 Å². The number of para-hydroxylation sites is 1. The highest BCUT2D eigenvalue weighted by Crippen LogP contribution is 2.23. The zero-order valence-corrected chi connectivity index (χ0v) is 8.77. The maximum absolute atomic E-state index is 11.2. The number of amides is 1. The van der Waals surface area contributed by atoms with Gasteiger partial charge in [0.2, 0.25) is 0 Å². The number of rotatable bonds is 3. The molecule has 0 radical (unpaired) electrons. The fraction of sp³-hybridized carbons (Fsp3) is 0.273. The molecule has 0 atom stereocenters. The molecule has 0 heterocycles. The van der Waals surface area contributed by atoms with Gasteiger partial charge < -0.3 is 10.5 Å². The highest BCUT2D eigenvalue weighted by Gasteiger charge is 2.07. The third-order valence-electron chi connectivity index (χ3n) is 2.02. The van der Waals surface area contributed by atoms with Gasteiger partial charge in [0.15, 0.2) is 0 Å². The van der Waals surface area contributed by atoms with Crippen LogP contribution in [0.2, 0.25) is 0 Å². The number of nitrogens with zero attached hydrogens (tertiary/aromatic N) is 1. The molecule has 0 aliphatic heterocycles. The summed E-state index contributed by atoms with van der Waals surface area (Å²) >= 11 is 0. The Kier molecular flexibility index (Phi) is 3.85. The first-order chi connectivity index (χ1) is 7.15. The third kappa shape index (κ3) is 3.09. The van der Waals surface area contributed by atoms with Crippen molar-refractivity contribution in [3.8, 4) is 0 Å². The van der Waals surface area contributed by atoms with E-state index in [1.807, 2.05) is 38.1 Å². The van der Waals surface area contributed by atoms with Gasteiger partial charge in [-0.2, -0.15) is 0 Å². The minimum Gasteiger partial charge on any atom is -0.411 e. The Morgan fingerprint density at radius 3 is 2.73 bits per heavy atom. The average molecular weight is 206 g/mol. The number of anilines is 1. The van der Waals surface area contributed by atoms with Crippen molar-refractivity contribution in [1.29, 1.82) is 0 Å². The Labute approximate surface area is 88.6 Å². The van der Waals surface area contributed by atoms with E-state index in [0.717, 1.165) is 17.5 Å². The van der Waals surface area contributed by atoms with E-state index in [0.29, 0.717) is 5.92 Å². The van der Waals surface area contributed by atoms with E-state index < -0.39 is 5.91 Å². The Balaban J connectivity index is 2.89. The van der Waals surface area contributed by atoms with E-state index in [9.17, 15) is 4.79 Å². The van der Waals surface area contributed by atoms with Crippen LogP contribution in [0.3, 0.4) is 0 Å². The summed E-state index contributed by atoms with van der Waals surface area (Å²) in [4.78, 5) is 11.2. The standard InChI is InChI=1S/C11H14N2O2/c1-8(2)9-5-3-4-6-10(9)13-11(14)7-12-15/h3-8,15H,1-2H3,(H,13,14). The second-order valence-corrected chi connectivity index (χ2v) is 3.48. The van der Waals surface area contributed by atoms with Crippen LogP contribution in [0.15, 0.2) is 29.4 Å². The van der Waals surface area contributed by atoms with Gasteiger partial charge >= 0.3 is 0 Å². The molecule has 1 aromatic rings. The molecule has 0 saturated carbocycles. The number of carbonyl (C=O) groups excluding carboxylic acids is 1. The van der Waals surface area contributed by atoms with E-state index >= 15 is 0 Å².